The molecule has 0 amide bonds. The zero-order valence-electron chi connectivity index (χ0n) is 23.7. The molecule has 1 N–H and O–H groups in total. The summed E-state index contributed by atoms with van der Waals surface area (Å²) in [6.07, 6.45) is 18.3. The maximum absolute atomic E-state index is 8.51. The van der Waals surface area contributed by atoms with Crippen molar-refractivity contribution in [2.75, 3.05) is 6.61 Å². The summed E-state index contributed by atoms with van der Waals surface area (Å²) in [5, 5.41) is 8.51. The SMILES string of the molecule is CCCCCCCCCCO.CCC[Si](CCC)(CCC)O[Si](CCC)(CCC)CCC. The van der Waals surface area contributed by atoms with E-state index in [1.807, 2.05) is 0 Å². The molecule has 0 aromatic rings. The molecule has 32 heavy (non-hydrogen) atoms. The van der Waals surface area contributed by atoms with Gasteiger partial charge in [-0.05, 0) is 42.7 Å². The summed E-state index contributed by atoms with van der Waals surface area (Å²) in [5.41, 5.74) is 0. The highest BCUT2D eigenvalue weighted by atomic mass is 28.4. The van der Waals surface area contributed by atoms with Crippen LogP contribution in [0.2, 0.25) is 36.3 Å². The Morgan fingerprint density at radius 2 is 0.688 bits per heavy atom. The molecule has 0 heterocycles. The standard InChI is InChI=1S/C18H42OSi2.C10H22O/c1-7-13-20(14-8-2,15-9-3)19-21(16-10-4,17-11-5)18-12-6;1-2-3-4-5-6-7-8-9-10-11/h7-18H2,1-6H3;11H,2-10H2,1H3. The minimum atomic E-state index is -1.48. The molecule has 0 atom stereocenters. The Kier molecular flexibility index (Phi) is 26.4. The number of unbranched alkanes of at least 4 members (excludes halogenated alkanes) is 7. The van der Waals surface area contributed by atoms with Crippen molar-refractivity contribution in [1.29, 1.82) is 0 Å². The normalized spacial score (nSPS) is 12.0. The lowest BCUT2D eigenvalue weighted by molar-refractivity contribution is 0.282. The lowest BCUT2D eigenvalue weighted by Crippen LogP contribution is -2.51. The first-order valence-corrected chi connectivity index (χ1v) is 19.9. The third-order valence-corrected chi connectivity index (χ3v) is 18.6. The topological polar surface area (TPSA) is 29.5 Å². The quantitative estimate of drug-likeness (QED) is 0.121. The molecule has 0 saturated carbocycles. The van der Waals surface area contributed by atoms with Gasteiger partial charge in [-0.3, -0.25) is 0 Å². The van der Waals surface area contributed by atoms with Gasteiger partial charge in [0, 0.05) is 6.61 Å². The maximum Gasteiger partial charge on any atom is 0.179 e. The lowest BCUT2D eigenvalue weighted by Gasteiger charge is -2.43. The Morgan fingerprint density at radius 3 is 0.938 bits per heavy atom. The van der Waals surface area contributed by atoms with Gasteiger partial charge in [0.05, 0.1) is 0 Å². The molecule has 0 spiro atoms. The van der Waals surface area contributed by atoms with Crippen LogP contribution in [0, 0.1) is 0 Å². The van der Waals surface area contributed by atoms with Crippen LogP contribution in [0.5, 0.6) is 0 Å². The molecule has 0 aromatic carbocycles. The highest BCUT2D eigenvalue weighted by Crippen LogP contribution is 2.37. The largest absolute Gasteiger partial charge is 0.455 e. The summed E-state index contributed by atoms with van der Waals surface area (Å²) < 4.78 is 7.35. The average molecular weight is 489 g/mol. The molecule has 196 valence electrons. The van der Waals surface area contributed by atoms with E-state index in [2.05, 4.69) is 48.5 Å². The average Bonchev–Trinajstić information content (AvgIpc) is 2.75. The Hall–Kier alpha value is 0.354. The third-order valence-electron chi connectivity index (χ3n) is 6.68. The van der Waals surface area contributed by atoms with E-state index >= 15 is 0 Å². The molecule has 0 bridgehead atoms. The van der Waals surface area contributed by atoms with Gasteiger partial charge < -0.3 is 9.22 Å². The first kappa shape index (κ1) is 34.5. The van der Waals surface area contributed by atoms with Crippen molar-refractivity contribution in [3.05, 3.63) is 0 Å². The molecule has 0 rings (SSSR count). The second kappa shape index (κ2) is 24.5. The Labute approximate surface area is 207 Å². The van der Waals surface area contributed by atoms with Gasteiger partial charge in [0.25, 0.3) is 0 Å². The minimum Gasteiger partial charge on any atom is -0.455 e. The Bertz CT molecular complexity index is 297. The number of rotatable bonds is 22. The van der Waals surface area contributed by atoms with Crippen molar-refractivity contribution < 1.29 is 9.22 Å². The minimum absolute atomic E-state index is 0.370. The molecule has 0 aliphatic heterocycles. The second-order valence-electron chi connectivity index (χ2n) is 10.2. The molecular weight excluding hydrogens is 424 g/mol. The van der Waals surface area contributed by atoms with E-state index < -0.39 is 16.6 Å². The Morgan fingerprint density at radius 1 is 0.406 bits per heavy atom. The number of aliphatic hydroxyl groups is 1. The fourth-order valence-corrected chi connectivity index (χ4v) is 18.6. The molecule has 0 aromatic heterocycles. The van der Waals surface area contributed by atoms with Crippen molar-refractivity contribution in [2.24, 2.45) is 0 Å². The zero-order chi connectivity index (χ0) is 24.6. The Balaban J connectivity index is 0. The van der Waals surface area contributed by atoms with Gasteiger partial charge in [-0.25, -0.2) is 0 Å². The van der Waals surface area contributed by atoms with Crippen LogP contribution < -0.4 is 0 Å². The van der Waals surface area contributed by atoms with E-state index in [-0.39, 0.29) is 0 Å². The van der Waals surface area contributed by atoms with Gasteiger partial charge in [0.2, 0.25) is 0 Å². The van der Waals surface area contributed by atoms with Gasteiger partial charge in [-0.1, -0.05) is 132 Å². The first-order valence-electron chi connectivity index (χ1n) is 14.8. The van der Waals surface area contributed by atoms with Gasteiger partial charge in [-0.15, -0.1) is 0 Å². The molecule has 0 radical (unpaired) electrons. The van der Waals surface area contributed by atoms with Gasteiger partial charge in [0.1, 0.15) is 0 Å². The van der Waals surface area contributed by atoms with Crippen LogP contribution >= 0.6 is 0 Å². The number of aliphatic hydroxyl groups excluding tert-OH is 1. The van der Waals surface area contributed by atoms with E-state index in [9.17, 15) is 0 Å². The van der Waals surface area contributed by atoms with Crippen LogP contribution in [0.1, 0.15) is 138 Å². The highest BCUT2D eigenvalue weighted by molar-refractivity contribution is 6.87. The molecule has 0 unspecified atom stereocenters. The van der Waals surface area contributed by atoms with E-state index in [0.29, 0.717) is 6.61 Å². The van der Waals surface area contributed by atoms with Gasteiger partial charge >= 0.3 is 0 Å². The van der Waals surface area contributed by atoms with Crippen molar-refractivity contribution >= 4 is 16.6 Å². The van der Waals surface area contributed by atoms with E-state index in [1.54, 1.807) is 0 Å². The number of hydrogen-bond acceptors (Lipinski definition) is 2. The van der Waals surface area contributed by atoms with Crippen LogP contribution in [0.4, 0.5) is 0 Å². The van der Waals surface area contributed by atoms with E-state index in [0.717, 1.165) is 6.42 Å². The van der Waals surface area contributed by atoms with Crippen LogP contribution in [-0.4, -0.2) is 28.3 Å². The summed E-state index contributed by atoms with van der Waals surface area (Å²) >= 11 is 0. The molecule has 4 heteroatoms. The van der Waals surface area contributed by atoms with E-state index in [4.69, 9.17) is 9.22 Å². The molecule has 0 aliphatic rings. The third kappa shape index (κ3) is 17.8. The number of hydrogen-bond donors (Lipinski definition) is 1. The fraction of sp³-hybridized carbons (Fsp3) is 1.00. The van der Waals surface area contributed by atoms with Crippen LogP contribution in [-0.2, 0) is 4.12 Å². The maximum atomic E-state index is 8.51. The predicted octanol–water partition coefficient (Wildman–Crippen LogP) is 10.5. The summed E-state index contributed by atoms with van der Waals surface area (Å²) in [6.45, 7) is 16.8. The first-order chi connectivity index (χ1) is 15.5. The van der Waals surface area contributed by atoms with Crippen molar-refractivity contribution in [3.63, 3.8) is 0 Å². The molecular formula is C28H64O2Si2. The summed E-state index contributed by atoms with van der Waals surface area (Å²) in [4.78, 5) is 0. The van der Waals surface area contributed by atoms with Crippen LogP contribution in [0.3, 0.4) is 0 Å². The van der Waals surface area contributed by atoms with Crippen LogP contribution in [0.15, 0.2) is 0 Å². The van der Waals surface area contributed by atoms with Gasteiger partial charge in [0.15, 0.2) is 16.6 Å². The smallest absolute Gasteiger partial charge is 0.179 e. The molecule has 2 nitrogen and oxygen atoms in total. The monoisotopic (exact) mass is 488 g/mol. The van der Waals surface area contributed by atoms with Gasteiger partial charge in [-0.2, -0.15) is 0 Å². The molecule has 0 saturated heterocycles. The van der Waals surface area contributed by atoms with Crippen molar-refractivity contribution in [1.82, 2.24) is 0 Å². The summed E-state index contributed by atoms with van der Waals surface area (Å²) in [5.74, 6) is 0. The zero-order valence-corrected chi connectivity index (χ0v) is 25.7. The van der Waals surface area contributed by atoms with Crippen LogP contribution in [0.25, 0.3) is 0 Å². The van der Waals surface area contributed by atoms with Crippen molar-refractivity contribution in [3.8, 4) is 0 Å². The summed E-state index contributed by atoms with van der Waals surface area (Å²) in [6, 6.07) is 8.42. The van der Waals surface area contributed by atoms with Crippen molar-refractivity contribution in [2.45, 2.75) is 175 Å². The fourth-order valence-electron chi connectivity index (χ4n) is 5.49. The molecule has 0 aliphatic carbocycles. The summed E-state index contributed by atoms with van der Waals surface area (Å²) in [7, 11) is -2.96. The van der Waals surface area contributed by atoms with E-state index in [1.165, 1.54) is 120 Å². The molecule has 0 fully saturated rings. The lowest BCUT2D eigenvalue weighted by atomic mass is 10.1. The highest BCUT2D eigenvalue weighted by Gasteiger charge is 2.42. The predicted molar refractivity (Wildman–Crippen MR) is 153 cm³/mol. The second-order valence-corrected chi connectivity index (χ2v) is 18.7.